The van der Waals surface area contributed by atoms with E-state index in [4.69, 9.17) is 14.2 Å². The predicted octanol–water partition coefficient (Wildman–Crippen LogP) is 4.78. The Balaban J connectivity index is 1.46. The topological polar surface area (TPSA) is 81.3 Å². The highest BCUT2D eigenvalue weighted by atomic mass is 16.5. The van der Waals surface area contributed by atoms with Gasteiger partial charge in [-0.3, -0.25) is 5.10 Å². The van der Waals surface area contributed by atoms with Crippen molar-refractivity contribution < 1.29 is 14.2 Å². The van der Waals surface area contributed by atoms with Gasteiger partial charge in [0.1, 0.15) is 23.1 Å². The van der Waals surface area contributed by atoms with Crippen LogP contribution in [0, 0.1) is 0 Å². The van der Waals surface area contributed by atoms with Gasteiger partial charge in [-0.05, 0) is 48.0 Å². The van der Waals surface area contributed by atoms with Crippen LogP contribution in [0.4, 0.5) is 5.82 Å². The molecule has 0 atom stereocenters. The molecule has 0 aliphatic heterocycles. The van der Waals surface area contributed by atoms with Crippen LogP contribution in [0.2, 0.25) is 0 Å². The average Bonchev–Trinajstić information content (AvgIpc) is 3.33. The van der Waals surface area contributed by atoms with Crippen molar-refractivity contribution in [2.75, 3.05) is 26.6 Å². The second-order valence-corrected chi connectivity index (χ2v) is 6.87. The minimum Gasteiger partial charge on any atom is -0.497 e. The Kier molecular flexibility index (Phi) is 6.03. The first-order valence-electron chi connectivity index (χ1n) is 9.81. The number of methoxy groups -OCH3 is 3. The number of ether oxygens (including phenoxy) is 3. The molecule has 0 unspecified atom stereocenters. The summed E-state index contributed by atoms with van der Waals surface area (Å²) < 4.78 is 16.1. The highest BCUT2D eigenvalue weighted by molar-refractivity contribution is 5.72. The molecule has 2 heterocycles. The highest BCUT2D eigenvalue weighted by Gasteiger charge is 2.10. The number of benzene rings is 2. The van der Waals surface area contributed by atoms with Gasteiger partial charge in [0.2, 0.25) is 0 Å². The van der Waals surface area contributed by atoms with Gasteiger partial charge in [0.15, 0.2) is 0 Å². The SMILES string of the molecule is COc1cc(CNc2ccc(-c3cc(-c4ccccc4OC)[nH]n3)cn2)cc(OC)c1. The Labute approximate surface area is 181 Å². The molecule has 4 aromatic rings. The average molecular weight is 416 g/mol. The molecule has 7 heteroatoms. The Hall–Kier alpha value is -4.00. The van der Waals surface area contributed by atoms with Crippen molar-refractivity contribution in [3.05, 3.63) is 72.4 Å². The molecule has 0 aliphatic rings. The molecule has 158 valence electrons. The Morgan fingerprint density at radius 2 is 1.65 bits per heavy atom. The summed E-state index contributed by atoms with van der Waals surface area (Å²) in [5.41, 5.74) is 4.63. The van der Waals surface area contributed by atoms with Crippen molar-refractivity contribution in [1.82, 2.24) is 15.2 Å². The predicted molar refractivity (Wildman–Crippen MR) is 121 cm³/mol. The summed E-state index contributed by atoms with van der Waals surface area (Å²) in [5.74, 6) is 3.07. The van der Waals surface area contributed by atoms with Crippen LogP contribution in [-0.2, 0) is 6.54 Å². The lowest BCUT2D eigenvalue weighted by Crippen LogP contribution is -2.02. The zero-order chi connectivity index (χ0) is 21.6. The number of pyridine rings is 1. The van der Waals surface area contributed by atoms with Crippen molar-refractivity contribution >= 4 is 5.82 Å². The summed E-state index contributed by atoms with van der Waals surface area (Å²) in [6.45, 7) is 0.597. The van der Waals surface area contributed by atoms with E-state index in [0.29, 0.717) is 6.54 Å². The Bertz CT molecular complexity index is 1130. The minimum absolute atomic E-state index is 0.597. The lowest BCUT2D eigenvalue weighted by atomic mass is 10.1. The number of rotatable bonds is 8. The molecule has 0 aliphatic carbocycles. The molecule has 2 aromatic heterocycles. The zero-order valence-corrected chi connectivity index (χ0v) is 17.7. The first kappa shape index (κ1) is 20.3. The van der Waals surface area contributed by atoms with Gasteiger partial charge in [0.25, 0.3) is 0 Å². The smallest absolute Gasteiger partial charge is 0.128 e. The molecule has 0 amide bonds. The van der Waals surface area contributed by atoms with Gasteiger partial charge < -0.3 is 19.5 Å². The number of H-pyrrole nitrogens is 1. The van der Waals surface area contributed by atoms with Crippen molar-refractivity contribution in [2.24, 2.45) is 0 Å². The van der Waals surface area contributed by atoms with Gasteiger partial charge in [0.05, 0.1) is 32.7 Å². The number of nitrogens with one attached hydrogen (secondary N) is 2. The molecule has 2 N–H and O–H groups in total. The van der Waals surface area contributed by atoms with E-state index in [9.17, 15) is 0 Å². The fourth-order valence-corrected chi connectivity index (χ4v) is 3.29. The molecule has 0 saturated heterocycles. The lowest BCUT2D eigenvalue weighted by Gasteiger charge is -2.10. The zero-order valence-electron chi connectivity index (χ0n) is 17.7. The molecule has 0 spiro atoms. The van der Waals surface area contributed by atoms with E-state index in [1.54, 1.807) is 27.5 Å². The van der Waals surface area contributed by atoms with Crippen LogP contribution < -0.4 is 19.5 Å². The van der Waals surface area contributed by atoms with Crippen LogP contribution in [0.15, 0.2) is 66.9 Å². The summed E-state index contributed by atoms with van der Waals surface area (Å²) in [6.07, 6.45) is 1.80. The van der Waals surface area contributed by atoms with Crippen molar-refractivity contribution in [2.45, 2.75) is 6.54 Å². The fourth-order valence-electron chi connectivity index (χ4n) is 3.29. The maximum Gasteiger partial charge on any atom is 0.128 e. The number of hydrogen-bond donors (Lipinski definition) is 2. The van der Waals surface area contributed by atoms with Crippen LogP contribution in [0.5, 0.6) is 17.2 Å². The molecule has 0 fully saturated rings. The second-order valence-electron chi connectivity index (χ2n) is 6.87. The number of aromatic nitrogens is 3. The summed E-state index contributed by atoms with van der Waals surface area (Å²) >= 11 is 0. The number of hydrogen-bond acceptors (Lipinski definition) is 6. The third-order valence-electron chi connectivity index (χ3n) is 4.92. The summed E-state index contributed by atoms with van der Waals surface area (Å²) in [4.78, 5) is 4.52. The summed E-state index contributed by atoms with van der Waals surface area (Å²) in [5, 5.41) is 10.8. The third-order valence-corrected chi connectivity index (χ3v) is 4.92. The van der Waals surface area contributed by atoms with Crippen molar-refractivity contribution in [3.8, 4) is 39.8 Å². The van der Waals surface area contributed by atoms with Crippen LogP contribution >= 0.6 is 0 Å². The summed E-state index contributed by atoms with van der Waals surface area (Å²) in [6, 6.07) is 19.5. The molecule has 0 bridgehead atoms. The van der Waals surface area contributed by atoms with E-state index in [1.807, 2.05) is 60.7 Å². The van der Waals surface area contributed by atoms with Gasteiger partial charge in [-0.2, -0.15) is 5.10 Å². The summed E-state index contributed by atoms with van der Waals surface area (Å²) in [7, 11) is 4.94. The van der Waals surface area contributed by atoms with E-state index in [2.05, 4.69) is 20.5 Å². The molecule has 0 saturated carbocycles. The Morgan fingerprint density at radius 1 is 0.871 bits per heavy atom. The fraction of sp³-hybridized carbons (Fsp3) is 0.167. The van der Waals surface area contributed by atoms with E-state index >= 15 is 0 Å². The first-order valence-corrected chi connectivity index (χ1v) is 9.81. The quantitative estimate of drug-likeness (QED) is 0.430. The molecule has 2 aromatic carbocycles. The number of aromatic amines is 1. The van der Waals surface area contributed by atoms with Crippen LogP contribution in [0.1, 0.15) is 5.56 Å². The van der Waals surface area contributed by atoms with Gasteiger partial charge in [-0.15, -0.1) is 0 Å². The monoisotopic (exact) mass is 416 g/mol. The minimum atomic E-state index is 0.597. The standard InChI is InChI=1S/C24H24N4O3/c1-29-18-10-16(11-19(12-18)30-2)14-25-24-9-8-17(15-26-24)21-13-22(28-27-21)20-6-4-5-7-23(20)31-3/h4-13,15H,14H2,1-3H3,(H,25,26)(H,27,28). The molecular formula is C24H24N4O3. The Morgan fingerprint density at radius 3 is 2.32 bits per heavy atom. The number of anilines is 1. The van der Waals surface area contributed by atoms with Crippen molar-refractivity contribution in [1.29, 1.82) is 0 Å². The molecule has 4 rings (SSSR count). The first-order chi connectivity index (χ1) is 15.2. The maximum atomic E-state index is 5.44. The third kappa shape index (κ3) is 4.61. The number of para-hydroxylation sites is 1. The lowest BCUT2D eigenvalue weighted by molar-refractivity contribution is 0.393. The van der Waals surface area contributed by atoms with Crippen LogP contribution in [-0.4, -0.2) is 36.5 Å². The molecular weight excluding hydrogens is 392 g/mol. The van der Waals surface area contributed by atoms with Crippen LogP contribution in [0.3, 0.4) is 0 Å². The van der Waals surface area contributed by atoms with E-state index < -0.39 is 0 Å². The van der Waals surface area contributed by atoms with Gasteiger partial charge in [0, 0.05) is 29.9 Å². The van der Waals surface area contributed by atoms with Gasteiger partial charge >= 0.3 is 0 Å². The van der Waals surface area contributed by atoms with E-state index in [0.717, 1.165) is 51.1 Å². The molecule has 31 heavy (non-hydrogen) atoms. The maximum absolute atomic E-state index is 5.44. The largest absolute Gasteiger partial charge is 0.497 e. The van der Waals surface area contributed by atoms with E-state index in [-0.39, 0.29) is 0 Å². The highest BCUT2D eigenvalue weighted by Crippen LogP contribution is 2.30. The second kappa shape index (κ2) is 9.21. The van der Waals surface area contributed by atoms with Crippen molar-refractivity contribution in [3.63, 3.8) is 0 Å². The molecule has 7 nitrogen and oxygen atoms in total. The normalized spacial score (nSPS) is 10.5. The van der Waals surface area contributed by atoms with Gasteiger partial charge in [-0.25, -0.2) is 4.98 Å². The number of nitrogens with zero attached hydrogens (tertiary/aromatic N) is 2. The molecule has 0 radical (unpaired) electrons. The van der Waals surface area contributed by atoms with E-state index in [1.165, 1.54) is 0 Å². The van der Waals surface area contributed by atoms with Crippen LogP contribution in [0.25, 0.3) is 22.5 Å². The van der Waals surface area contributed by atoms with Gasteiger partial charge in [-0.1, -0.05) is 12.1 Å².